The van der Waals surface area contributed by atoms with Crippen LogP contribution in [0.3, 0.4) is 0 Å². The Morgan fingerprint density at radius 1 is 1.10 bits per heavy atom. The van der Waals surface area contributed by atoms with Gasteiger partial charge in [0.1, 0.15) is 0 Å². The molecular formula is C16H25NO3S. The highest BCUT2D eigenvalue weighted by atomic mass is 32.2. The Morgan fingerprint density at radius 2 is 1.62 bits per heavy atom. The minimum atomic E-state index is -3.65. The van der Waals surface area contributed by atoms with Gasteiger partial charge in [-0.1, -0.05) is 17.7 Å². The number of benzene rings is 1. The predicted octanol–water partition coefficient (Wildman–Crippen LogP) is 2.96. The summed E-state index contributed by atoms with van der Waals surface area (Å²) in [7, 11) is -3.65. The van der Waals surface area contributed by atoms with E-state index in [1.165, 1.54) is 0 Å². The van der Waals surface area contributed by atoms with Crippen molar-refractivity contribution in [3.05, 3.63) is 29.8 Å². The Labute approximate surface area is 128 Å². The summed E-state index contributed by atoms with van der Waals surface area (Å²) in [5.41, 5.74) is 1.16. The molecule has 0 amide bonds. The SMILES string of the molecule is Cc1ccc(S(=O)(=O)OC2CCN(C(C)(C)C)CC2)cc1. The van der Waals surface area contributed by atoms with E-state index in [2.05, 4.69) is 25.7 Å². The lowest BCUT2D eigenvalue weighted by molar-refractivity contribution is 0.0520. The molecule has 1 fully saturated rings. The van der Waals surface area contributed by atoms with Crippen LogP contribution < -0.4 is 0 Å². The Morgan fingerprint density at radius 3 is 2.10 bits per heavy atom. The van der Waals surface area contributed by atoms with Crippen molar-refractivity contribution in [2.45, 2.75) is 57.1 Å². The fourth-order valence-corrected chi connectivity index (χ4v) is 3.69. The summed E-state index contributed by atoms with van der Waals surface area (Å²) in [4.78, 5) is 2.61. The smallest absolute Gasteiger partial charge is 0.297 e. The molecule has 0 radical (unpaired) electrons. The maximum atomic E-state index is 12.3. The van der Waals surface area contributed by atoms with E-state index in [1.807, 2.05) is 6.92 Å². The van der Waals surface area contributed by atoms with Crippen molar-refractivity contribution in [1.82, 2.24) is 4.90 Å². The fraction of sp³-hybridized carbons (Fsp3) is 0.625. The zero-order valence-corrected chi connectivity index (χ0v) is 14.1. The monoisotopic (exact) mass is 311 g/mol. The largest absolute Gasteiger partial charge is 0.298 e. The van der Waals surface area contributed by atoms with Crippen LogP contribution in [0, 0.1) is 6.92 Å². The van der Waals surface area contributed by atoms with E-state index in [0.29, 0.717) is 0 Å². The van der Waals surface area contributed by atoms with Crippen LogP contribution >= 0.6 is 0 Å². The second-order valence-electron chi connectivity index (χ2n) is 6.72. The van der Waals surface area contributed by atoms with Crippen LogP contribution in [0.5, 0.6) is 0 Å². The van der Waals surface area contributed by atoms with Crippen LogP contribution in [0.15, 0.2) is 29.2 Å². The molecule has 0 aliphatic carbocycles. The highest BCUT2D eigenvalue weighted by molar-refractivity contribution is 7.86. The normalized spacial score (nSPS) is 18.9. The summed E-state index contributed by atoms with van der Waals surface area (Å²) >= 11 is 0. The molecule has 0 N–H and O–H groups in total. The molecule has 1 aliphatic heterocycles. The molecule has 0 spiro atoms. The van der Waals surface area contributed by atoms with Gasteiger partial charge in [0.15, 0.2) is 0 Å². The molecule has 0 bridgehead atoms. The Bertz CT molecular complexity index is 565. The van der Waals surface area contributed by atoms with Gasteiger partial charge in [0, 0.05) is 18.6 Å². The van der Waals surface area contributed by atoms with Crippen molar-refractivity contribution in [3.8, 4) is 0 Å². The van der Waals surface area contributed by atoms with Crippen molar-refractivity contribution in [3.63, 3.8) is 0 Å². The zero-order valence-electron chi connectivity index (χ0n) is 13.3. The van der Waals surface area contributed by atoms with Crippen LogP contribution in [0.4, 0.5) is 0 Å². The average Bonchev–Trinajstić information content (AvgIpc) is 2.38. The second-order valence-corrected chi connectivity index (χ2v) is 8.29. The molecule has 1 heterocycles. The molecule has 5 heteroatoms. The van der Waals surface area contributed by atoms with Crippen molar-refractivity contribution in [1.29, 1.82) is 0 Å². The van der Waals surface area contributed by atoms with E-state index in [0.717, 1.165) is 31.5 Å². The number of aryl methyl sites for hydroxylation is 1. The van der Waals surface area contributed by atoms with Gasteiger partial charge in [-0.15, -0.1) is 0 Å². The lowest BCUT2D eigenvalue weighted by Crippen LogP contribution is -2.47. The molecule has 21 heavy (non-hydrogen) atoms. The predicted molar refractivity (Wildman–Crippen MR) is 83.8 cm³/mol. The molecule has 2 rings (SSSR count). The van der Waals surface area contributed by atoms with Crippen molar-refractivity contribution < 1.29 is 12.6 Å². The number of likely N-dealkylation sites (tertiary alicyclic amines) is 1. The maximum Gasteiger partial charge on any atom is 0.297 e. The summed E-state index contributed by atoms with van der Waals surface area (Å²) in [6, 6.07) is 6.79. The molecule has 1 aromatic rings. The standard InChI is InChI=1S/C16H25NO3S/c1-13-5-7-15(8-6-13)21(18,19)20-14-9-11-17(12-10-14)16(2,3)4/h5-8,14H,9-12H2,1-4H3. The van der Waals surface area contributed by atoms with E-state index in [1.54, 1.807) is 24.3 Å². The van der Waals surface area contributed by atoms with E-state index >= 15 is 0 Å². The molecular weight excluding hydrogens is 286 g/mol. The molecule has 118 valence electrons. The average molecular weight is 311 g/mol. The number of hydrogen-bond acceptors (Lipinski definition) is 4. The van der Waals surface area contributed by atoms with Gasteiger partial charge in [-0.3, -0.25) is 9.08 Å². The van der Waals surface area contributed by atoms with Crippen molar-refractivity contribution in [2.24, 2.45) is 0 Å². The van der Waals surface area contributed by atoms with Gasteiger partial charge in [0.25, 0.3) is 10.1 Å². The van der Waals surface area contributed by atoms with Crippen LogP contribution in [-0.2, 0) is 14.3 Å². The van der Waals surface area contributed by atoms with Crippen LogP contribution in [0.1, 0.15) is 39.2 Å². The van der Waals surface area contributed by atoms with Crippen LogP contribution in [0.2, 0.25) is 0 Å². The quantitative estimate of drug-likeness (QED) is 0.805. The lowest BCUT2D eigenvalue weighted by Gasteiger charge is -2.40. The van der Waals surface area contributed by atoms with Gasteiger partial charge in [-0.25, -0.2) is 0 Å². The molecule has 0 aromatic heterocycles. The van der Waals surface area contributed by atoms with Gasteiger partial charge in [0.2, 0.25) is 0 Å². The summed E-state index contributed by atoms with van der Waals surface area (Å²) in [5.74, 6) is 0. The Balaban J connectivity index is 1.98. The third kappa shape index (κ3) is 4.28. The fourth-order valence-electron chi connectivity index (χ4n) is 2.56. The van der Waals surface area contributed by atoms with E-state index in [-0.39, 0.29) is 16.5 Å². The summed E-state index contributed by atoms with van der Waals surface area (Å²) < 4.78 is 29.9. The first kappa shape index (κ1) is 16.5. The highest BCUT2D eigenvalue weighted by Crippen LogP contribution is 2.24. The molecule has 1 aliphatic rings. The number of piperidine rings is 1. The van der Waals surface area contributed by atoms with E-state index in [4.69, 9.17) is 4.18 Å². The maximum absolute atomic E-state index is 12.3. The molecule has 0 atom stereocenters. The van der Waals surface area contributed by atoms with Gasteiger partial charge < -0.3 is 0 Å². The van der Waals surface area contributed by atoms with Crippen LogP contribution in [0.25, 0.3) is 0 Å². The molecule has 1 saturated heterocycles. The van der Waals surface area contributed by atoms with Gasteiger partial charge in [-0.2, -0.15) is 8.42 Å². The molecule has 0 unspecified atom stereocenters. The van der Waals surface area contributed by atoms with E-state index in [9.17, 15) is 8.42 Å². The molecule has 4 nitrogen and oxygen atoms in total. The van der Waals surface area contributed by atoms with E-state index < -0.39 is 10.1 Å². The lowest BCUT2D eigenvalue weighted by atomic mass is 10.00. The number of rotatable bonds is 3. The van der Waals surface area contributed by atoms with Gasteiger partial charge in [0.05, 0.1) is 11.0 Å². The number of nitrogens with zero attached hydrogens (tertiary/aromatic N) is 1. The minimum Gasteiger partial charge on any atom is -0.298 e. The number of hydrogen-bond donors (Lipinski definition) is 0. The van der Waals surface area contributed by atoms with Crippen LogP contribution in [-0.4, -0.2) is 38.1 Å². The molecule has 1 aromatic carbocycles. The molecule has 0 saturated carbocycles. The topological polar surface area (TPSA) is 46.6 Å². The van der Waals surface area contributed by atoms with Crippen molar-refractivity contribution >= 4 is 10.1 Å². The summed E-state index contributed by atoms with van der Waals surface area (Å²) in [6.07, 6.45) is 1.29. The first-order valence-electron chi connectivity index (χ1n) is 7.43. The summed E-state index contributed by atoms with van der Waals surface area (Å²) in [6.45, 7) is 10.2. The highest BCUT2D eigenvalue weighted by Gasteiger charge is 2.30. The zero-order chi connectivity index (χ0) is 15.7. The first-order valence-corrected chi connectivity index (χ1v) is 8.84. The third-order valence-electron chi connectivity index (χ3n) is 3.96. The van der Waals surface area contributed by atoms with Gasteiger partial charge >= 0.3 is 0 Å². The minimum absolute atomic E-state index is 0.126. The third-order valence-corrected chi connectivity index (χ3v) is 5.34. The second kappa shape index (κ2) is 6.07. The Hall–Kier alpha value is -0.910. The first-order chi connectivity index (χ1) is 9.68. The van der Waals surface area contributed by atoms with Gasteiger partial charge in [-0.05, 0) is 52.7 Å². The Kier molecular flexibility index (Phi) is 4.76. The van der Waals surface area contributed by atoms with Crippen molar-refractivity contribution in [2.75, 3.05) is 13.1 Å². The summed E-state index contributed by atoms with van der Waals surface area (Å²) in [5, 5.41) is 0.